The first-order chi connectivity index (χ1) is 21.8. The van der Waals surface area contributed by atoms with E-state index in [4.69, 9.17) is 4.74 Å². The molecule has 1 fully saturated rings. The topological polar surface area (TPSA) is 130 Å². The quantitative estimate of drug-likeness (QED) is 0.154. The van der Waals surface area contributed by atoms with Crippen LogP contribution < -0.4 is 16.0 Å². The van der Waals surface area contributed by atoms with Crippen molar-refractivity contribution in [2.75, 3.05) is 0 Å². The van der Waals surface area contributed by atoms with Gasteiger partial charge in [-0.3, -0.25) is 9.59 Å². The molecular formula is C34H44N4O5S2. The first-order valence-electron chi connectivity index (χ1n) is 15.6. The van der Waals surface area contributed by atoms with Crippen molar-refractivity contribution in [2.24, 2.45) is 5.92 Å². The van der Waals surface area contributed by atoms with E-state index < -0.39 is 41.5 Å². The Morgan fingerprint density at radius 1 is 0.933 bits per heavy atom. The first kappa shape index (κ1) is 34.5. The van der Waals surface area contributed by atoms with Crippen LogP contribution in [0.15, 0.2) is 72.2 Å². The molecule has 1 aliphatic rings. The molecule has 1 unspecified atom stereocenters. The predicted octanol–water partition coefficient (Wildman–Crippen LogP) is 5.75. The fraction of sp³-hybridized carbons (Fsp3) is 0.471. The Balaban J connectivity index is 1.47. The third-order valence-corrected chi connectivity index (χ3v) is 9.74. The number of nitrogens with one attached hydrogen (secondary N) is 3. The number of amides is 3. The number of hydrogen-bond acceptors (Lipinski definition) is 8. The summed E-state index contributed by atoms with van der Waals surface area (Å²) in [5, 5.41) is 21.3. The molecule has 0 aliphatic heterocycles. The zero-order valence-electron chi connectivity index (χ0n) is 25.9. The SMILES string of the molecule is CC(C)S[C@H](NC(=O)[C@H](Cc1ccccc1)NC(=O)OCc1ccccc1)C(=O)NC(CC1CCCCC1)[C@@H](O)c1nccs1. The molecule has 0 saturated heterocycles. The zero-order chi connectivity index (χ0) is 32.0. The number of thioether (sulfide) groups is 1. The average molecular weight is 653 g/mol. The number of alkyl carbamates (subject to hydrolysis) is 1. The minimum Gasteiger partial charge on any atom is -0.445 e. The van der Waals surface area contributed by atoms with E-state index in [0.29, 0.717) is 17.3 Å². The Morgan fingerprint density at radius 3 is 2.22 bits per heavy atom. The maximum absolute atomic E-state index is 13.8. The van der Waals surface area contributed by atoms with Crippen LogP contribution in [-0.4, -0.2) is 50.7 Å². The smallest absolute Gasteiger partial charge is 0.408 e. The van der Waals surface area contributed by atoms with Crippen molar-refractivity contribution in [1.29, 1.82) is 0 Å². The van der Waals surface area contributed by atoms with E-state index in [9.17, 15) is 19.5 Å². The molecule has 1 aliphatic carbocycles. The molecule has 242 valence electrons. The molecule has 1 aromatic heterocycles. The van der Waals surface area contributed by atoms with Gasteiger partial charge in [-0.15, -0.1) is 23.1 Å². The van der Waals surface area contributed by atoms with E-state index >= 15 is 0 Å². The lowest BCUT2D eigenvalue weighted by Gasteiger charge is -2.31. The van der Waals surface area contributed by atoms with Gasteiger partial charge in [0.25, 0.3) is 5.91 Å². The Labute approximate surface area is 273 Å². The van der Waals surface area contributed by atoms with Gasteiger partial charge in [0.05, 0.1) is 6.04 Å². The third-order valence-electron chi connectivity index (χ3n) is 7.75. The number of benzene rings is 2. The van der Waals surface area contributed by atoms with Gasteiger partial charge in [-0.1, -0.05) is 107 Å². The number of carbonyl (C=O) groups is 3. The number of aliphatic hydroxyl groups excluding tert-OH is 1. The van der Waals surface area contributed by atoms with Crippen molar-refractivity contribution < 1.29 is 24.2 Å². The van der Waals surface area contributed by atoms with Gasteiger partial charge < -0.3 is 25.8 Å². The number of carbonyl (C=O) groups excluding carboxylic acids is 3. The maximum Gasteiger partial charge on any atom is 0.408 e. The van der Waals surface area contributed by atoms with Crippen LogP contribution >= 0.6 is 23.1 Å². The maximum atomic E-state index is 13.8. The van der Waals surface area contributed by atoms with Gasteiger partial charge in [-0.2, -0.15) is 0 Å². The van der Waals surface area contributed by atoms with Crippen molar-refractivity contribution >= 4 is 41.0 Å². The van der Waals surface area contributed by atoms with Gasteiger partial charge in [0.15, 0.2) is 5.37 Å². The second-order valence-electron chi connectivity index (χ2n) is 11.7. The van der Waals surface area contributed by atoms with E-state index in [0.717, 1.165) is 36.8 Å². The number of rotatable bonds is 15. The second kappa shape index (κ2) is 17.9. The number of thiazole rings is 1. The highest BCUT2D eigenvalue weighted by molar-refractivity contribution is 8.01. The third kappa shape index (κ3) is 11.5. The monoisotopic (exact) mass is 652 g/mol. The van der Waals surface area contributed by atoms with Gasteiger partial charge in [-0.25, -0.2) is 9.78 Å². The van der Waals surface area contributed by atoms with Crippen LogP contribution in [0.25, 0.3) is 0 Å². The largest absolute Gasteiger partial charge is 0.445 e. The highest BCUT2D eigenvalue weighted by atomic mass is 32.2. The van der Waals surface area contributed by atoms with E-state index in [1.165, 1.54) is 29.5 Å². The summed E-state index contributed by atoms with van der Waals surface area (Å²) in [5.74, 6) is -0.512. The molecule has 1 saturated carbocycles. The molecule has 3 amide bonds. The van der Waals surface area contributed by atoms with E-state index in [-0.39, 0.29) is 18.3 Å². The number of ether oxygens (including phenoxy) is 1. The van der Waals surface area contributed by atoms with Crippen molar-refractivity contribution in [3.63, 3.8) is 0 Å². The Morgan fingerprint density at radius 2 is 1.60 bits per heavy atom. The lowest BCUT2D eigenvalue weighted by molar-refractivity contribution is -0.128. The molecule has 45 heavy (non-hydrogen) atoms. The van der Waals surface area contributed by atoms with E-state index in [2.05, 4.69) is 20.9 Å². The van der Waals surface area contributed by atoms with Gasteiger partial charge in [0, 0.05) is 23.2 Å². The lowest BCUT2D eigenvalue weighted by Crippen LogP contribution is -2.55. The molecule has 4 atom stereocenters. The standard InChI is InChI=1S/C34H44N4O5S2/c1-23(2)45-33(31(41)36-27(20-24-12-6-3-7-13-24)29(39)32-35-18-19-44-32)38-30(40)28(21-25-14-8-4-9-15-25)37-34(42)43-22-26-16-10-5-11-17-26/h4-5,8-11,14-19,23-24,27-29,33,39H,3,6-7,12-13,20-22H2,1-2H3,(H,36,41)(H,37,42)(H,38,40)/t27?,28-,29+,33-/m0/s1. The Hall–Kier alpha value is -3.41. The molecule has 0 spiro atoms. The van der Waals surface area contributed by atoms with Crippen LogP contribution in [0.3, 0.4) is 0 Å². The molecule has 1 heterocycles. The fourth-order valence-electron chi connectivity index (χ4n) is 5.49. The van der Waals surface area contributed by atoms with E-state index in [1.54, 1.807) is 11.6 Å². The highest BCUT2D eigenvalue weighted by Gasteiger charge is 2.33. The van der Waals surface area contributed by atoms with Crippen LogP contribution in [0.1, 0.15) is 74.6 Å². The summed E-state index contributed by atoms with van der Waals surface area (Å²) in [6.45, 7) is 3.95. The van der Waals surface area contributed by atoms with E-state index in [1.807, 2.05) is 74.5 Å². The second-order valence-corrected chi connectivity index (χ2v) is 14.3. The summed E-state index contributed by atoms with van der Waals surface area (Å²) in [5.41, 5.74) is 1.67. The van der Waals surface area contributed by atoms with Gasteiger partial charge in [0.2, 0.25) is 5.91 Å². The van der Waals surface area contributed by atoms with Crippen LogP contribution in [-0.2, 0) is 27.4 Å². The van der Waals surface area contributed by atoms with Crippen LogP contribution in [0.4, 0.5) is 4.79 Å². The number of nitrogens with zero attached hydrogens (tertiary/aromatic N) is 1. The summed E-state index contributed by atoms with van der Waals surface area (Å²) in [4.78, 5) is 44.7. The Kier molecular flexibility index (Phi) is 13.7. The van der Waals surface area contributed by atoms with Crippen LogP contribution in [0.2, 0.25) is 0 Å². The molecule has 0 bridgehead atoms. The fourth-order valence-corrected chi connectivity index (χ4v) is 7.10. The molecule has 3 aromatic rings. The molecule has 9 nitrogen and oxygen atoms in total. The Bertz CT molecular complexity index is 1320. The summed E-state index contributed by atoms with van der Waals surface area (Å²) in [7, 11) is 0. The minimum atomic E-state index is -0.988. The number of aromatic nitrogens is 1. The van der Waals surface area contributed by atoms with Gasteiger partial charge in [-0.05, 0) is 23.5 Å². The van der Waals surface area contributed by atoms with Crippen molar-refractivity contribution in [1.82, 2.24) is 20.9 Å². The molecule has 11 heteroatoms. The van der Waals surface area contributed by atoms with Crippen LogP contribution in [0, 0.1) is 5.92 Å². The summed E-state index contributed by atoms with van der Waals surface area (Å²) in [6, 6.07) is 17.1. The first-order valence-corrected chi connectivity index (χ1v) is 17.5. The van der Waals surface area contributed by atoms with Gasteiger partial charge in [0.1, 0.15) is 23.8 Å². The zero-order valence-corrected chi connectivity index (χ0v) is 27.5. The van der Waals surface area contributed by atoms with Gasteiger partial charge >= 0.3 is 6.09 Å². The number of hydrogen-bond donors (Lipinski definition) is 4. The predicted molar refractivity (Wildman–Crippen MR) is 179 cm³/mol. The molecular weight excluding hydrogens is 609 g/mol. The number of aliphatic hydroxyl groups is 1. The molecule has 4 N–H and O–H groups in total. The minimum absolute atomic E-state index is 0.0121. The van der Waals surface area contributed by atoms with Crippen molar-refractivity contribution in [2.45, 2.75) is 94.2 Å². The summed E-state index contributed by atoms with van der Waals surface area (Å²) >= 11 is 2.65. The summed E-state index contributed by atoms with van der Waals surface area (Å²) < 4.78 is 5.40. The highest BCUT2D eigenvalue weighted by Crippen LogP contribution is 2.31. The average Bonchev–Trinajstić information content (AvgIpc) is 3.59. The van der Waals surface area contributed by atoms with Crippen molar-refractivity contribution in [3.05, 3.63) is 88.4 Å². The molecule has 0 radical (unpaired) electrons. The normalized spacial score (nSPS) is 16.3. The summed E-state index contributed by atoms with van der Waals surface area (Å²) in [6.07, 6.45) is 6.41. The van der Waals surface area contributed by atoms with Crippen LogP contribution in [0.5, 0.6) is 0 Å². The molecule has 2 aromatic carbocycles. The molecule has 4 rings (SSSR count). The van der Waals surface area contributed by atoms with Crippen molar-refractivity contribution in [3.8, 4) is 0 Å². The lowest BCUT2D eigenvalue weighted by atomic mass is 9.83.